The molecule has 2 N–H and O–H groups in total. The number of rotatable bonds is 12. The quantitative estimate of drug-likeness (QED) is 0.114. The van der Waals surface area contributed by atoms with Gasteiger partial charge in [0.1, 0.15) is 0 Å². The fourth-order valence-electron chi connectivity index (χ4n) is 7.35. The minimum atomic E-state index is -3.43. The maximum Gasteiger partial charge on any atom is 0.494 e. The van der Waals surface area contributed by atoms with Crippen LogP contribution in [-0.4, -0.2) is 77.4 Å². The molecule has 7 rings (SSSR count). The van der Waals surface area contributed by atoms with E-state index in [0.29, 0.717) is 28.4 Å². The molecule has 0 radical (unpaired) electrons. The van der Waals surface area contributed by atoms with Crippen molar-refractivity contribution in [2.45, 2.75) is 117 Å². The number of aliphatic hydroxyl groups is 2. The van der Waals surface area contributed by atoms with E-state index in [0.717, 1.165) is 59.4 Å². The predicted octanol–water partition coefficient (Wildman–Crippen LogP) is 8.47. The fourth-order valence-corrected chi connectivity index (χ4v) is 9.26. The van der Waals surface area contributed by atoms with Crippen LogP contribution >= 0.6 is 0 Å². The van der Waals surface area contributed by atoms with Crippen LogP contribution in [0, 0.1) is 25.7 Å². The largest absolute Gasteiger partial charge is 0.494 e. The number of aliphatic hydroxyl groups excluding tert-OH is 2. The SMILES string of the molecule is CC1(C)OB(c2ccc(CO)c(S(C)(=O)=O)c2)OC1(C)C.Cc1cc(-c2ccc(-c3ccc(CO)c(S(C)(=O)=O)c3)cc2)n(CC(C)C)n1.Cc1cc(-c2ccccc2)n(CC(C)C)n1. The van der Waals surface area contributed by atoms with E-state index in [1.54, 1.807) is 24.3 Å². The second-order valence-electron chi connectivity index (χ2n) is 18.6. The van der Waals surface area contributed by atoms with Crippen molar-refractivity contribution in [3.63, 3.8) is 0 Å². The minimum absolute atomic E-state index is 0.109. The molecule has 0 atom stereocenters. The Kier molecular flexibility index (Phi) is 16.3. The minimum Gasteiger partial charge on any atom is -0.399 e. The van der Waals surface area contributed by atoms with E-state index in [4.69, 9.17) is 9.31 Å². The predicted molar refractivity (Wildman–Crippen MR) is 260 cm³/mol. The van der Waals surface area contributed by atoms with Crippen molar-refractivity contribution in [3.05, 3.63) is 126 Å². The summed E-state index contributed by atoms with van der Waals surface area (Å²) in [4.78, 5) is 0.277. The summed E-state index contributed by atoms with van der Waals surface area (Å²) in [5.74, 6) is 1.11. The van der Waals surface area contributed by atoms with Crippen LogP contribution in [-0.2, 0) is 55.3 Å². The van der Waals surface area contributed by atoms with Gasteiger partial charge in [-0.1, -0.05) is 107 Å². The topological polar surface area (TPSA) is 163 Å². The molecule has 65 heavy (non-hydrogen) atoms. The van der Waals surface area contributed by atoms with Gasteiger partial charge in [0.2, 0.25) is 0 Å². The first-order valence-corrected chi connectivity index (χ1v) is 25.6. The highest BCUT2D eigenvalue weighted by Crippen LogP contribution is 2.37. The van der Waals surface area contributed by atoms with Gasteiger partial charge in [0.05, 0.1) is 57.0 Å². The van der Waals surface area contributed by atoms with Gasteiger partial charge in [0, 0.05) is 25.6 Å². The van der Waals surface area contributed by atoms with E-state index < -0.39 is 38.0 Å². The Morgan fingerprint density at radius 2 is 0.969 bits per heavy atom. The third-order valence-corrected chi connectivity index (χ3v) is 13.6. The van der Waals surface area contributed by atoms with Gasteiger partial charge in [0.15, 0.2) is 19.7 Å². The molecular formula is C50H65BN4O8S2. The number of benzene rings is 4. The van der Waals surface area contributed by atoms with Crippen LogP contribution < -0.4 is 5.46 Å². The summed E-state index contributed by atoms with van der Waals surface area (Å²) in [6.45, 7) is 21.7. The van der Waals surface area contributed by atoms with Crippen molar-refractivity contribution in [2.24, 2.45) is 11.8 Å². The Hall–Kier alpha value is -4.90. The molecule has 0 bridgehead atoms. The average molecular weight is 925 g/mol. The first-order valence-electron chi connectivity index (χ1n) is 21.8. The van der Waals surface area contributed by atoms with Crippen LogP contribution in [0.3, 0.4) is 0 Å². The van der Waals surface area contributed by atoms with Gasteiger partial charge in [-0.05, 0) is 116 Å². The van der Waals surface area contributed by atoms with E-state index in [2.05, 4.69) is 79.0 Å². The summed E-state index contributed by atoms with van der Waals surface area (Å²) in [7, 11) is -7.46. The molecule has 348 valence electrons. The molecule has 3 heterocycles. The van der Waals surface area contributed by atoms with Crippen molar-refractivity contribution in [2.75, 3.05) is 12.5 Å². The van der Waals surface area contributed by atoms with Gasteiger partial charge in [-0.15, -0.1) is 0 Å². The molecular weight excluding hydrogens is 860 g/mol. The summed E-state index contributed by atoms with van der Waals surface area (Å²) in [6.07, 6.45) is 2.28. The third-order valence-electron chi connectivity index (χ3n) is 11.3. The average Bonchev–Trinajstić information content (AvgIpc) is 3.86. The number of hydrogen-bond donors (Lipinski definition) is 2. The van der Waals surface area contributed by atoms with Gasteiger partial charge in [-0.2, -0.15) is 10.2 Å². The molecule has 15 heteroatoms. The molecule has 0 spiro atoms. The van der Waals surface area contributed by atoms with Gasteiger partial charge in [-0.25, -0.2) is 16.8 Å². The maximum atomic E-state index is 12.0. The lowest BCUT2D eigenvalue weighted by atomic mass is 9.79. The van der Waals surface area contributed by atoms with Crippen molar-refractivity contribution in [3.8, 4) is 33.6 Å². The Morgan fingerprint density at radius 1 is 0.569 bits per heavy atom. The first-order chi connectivity index (χ1) is 30.3. The van der Waals surface area contributed by atoms with Gasteiger partial charge in [-0.3, -0.25) is 9.36 Å². The highest BCUT2D eigenvalue weighted by molar-refractivity contribution is 7.91. The standard InChI is InChI=1S/C22H26N2O3S.C14H21BO5S.C14H18N2/c1-15(2)13-24-21(11-16(3)23-24)18-7-5-17(6-8-18)19-9-10-20(14-25)22(12-19)28(4,26)27;1-13(2)14(3,4)20-15(19-13)11-7-6-10(9-16)12(8-11)21(5,17)18;1-11(2)10-16-14(9-12(3)15-16)13-7-5-4-6-8-13/h5-12,15,25H,13-14H2,1-4H3;6-8,16H,9H2,1-5H3;4-9,11H,10H2,1-3H3. The molecule has 4 aromatic carbocycles. The summed E-state index contributed by atoms with van der Waals surface area (Å²) in [5, 5.41) is 27.8. The molecule has 1 aliphatic rings. The maximum absolute atomic E-state index is 12.0. The molecule has 0 aliphatic carbocycles. The van der Waals surface area contributed by atoms with E-state index in [9.17, 15) is 27.0 Å². The normalized spacial score (nSPS) is 14.6. The van der Waals surface area contributed by atoms with Crippen LogP contribution in [0.4, 0.5) is 0 Å². The van der Waals surface area contributed by atoms with E-state index in [-0.39, 0.29) is 23.0 Å². The fraction of sp³-hybridized carbons (Fsp3) is 0.400. The molecule has 1 saturated heterocycles. The number of sulfone groups is 2. The highest BCUT2D eigenvalue weighted by atomic mass is 32.2. The van der Waals surface area contributed by atoms with Crippen molar-refractivity contribution < 1.29 is 36.4 Å². The van der Waals surface area contributed by atoms with Gasteiger partial charge < -0.3 is 19.5 Å². The number of nitrogens with zero attached hydrogens (tertiary/aromatic N) is 4. The number of aromatic nitrogens is 4. The Bertz CT molecular complexity index is 2770. The summed E-state index contributed by atoms with van der Waals surface area (Å²) in [6, 6.07) is 32.7. The lowest BCUT2D eigenvalue weighted by Crippen LogP contribution is -2.41. The van der Waals surface area contributed by atoms with Gasteiger partial charge >= 0.3 is 7.12 Å². The summed E-state index contributed by atoms with van der Waals surface area (Å²) < 4.78 is 63.7. The Morgan fingerprint density at radius 3 is 1.40 bits per heavy atom. The first kappa shape index (κ1) is 51.1. The second-order valence-corrected chi connectivity index (χ2v) is 22.5. The monoisotopic (exact) mass is 924 g/mol. The third kappa shape index (κ3) is 12.9. The van der Waals surface area contributed by atoms with E-state index >= 15 is 0 Å². The number of hydrogen-bond acceptors (Lipinski definition) is 10. The zero-order chi connectivity index (χ0) is 48.1. The lowest BCUT2D eigenvalue weighted by molar-refractivity contribution is 0.00578. The van der Waals surface area contributed by atoms with Gasteiger partial charge in [0.25, 0.3) is 0 Å². The molecule has 0 saturated carbocycles. The Balaban J connectivity index is 0.000000191. The van der Waals surface area contributed by atoms with Crippen molar-refractivity contribution in [1.82, 2.24) is 19.6 Å². The second kappa shape index (κ2) is 20.7. The molecule has 0 unspecified atom stereocenters. The van der Waals surface area contributed by atoms with Crippen LogP contribution in [0.5, 0.6) is 0 Å². The molecule has 12 nitrogen and oxygen atoms in total. The number of aryl methyl sites for hydroxylation is 2. The smallest absolute Gasteiger partial charge is 0.399 e. The molecule has 6 aromatic rings. The van der Waals surface area contributed by atoms with Crippen LogP contribution in [0.15, 0.2) is 113 Å². The van der Waals surface area contributed by atoms with Crippen LogP contribution in [0.1, 0.15) is 77.9 Å². The van der Waals surface area contributed by atoms with Crippen molar-refractivity contribution in [1.29, 1.82) is 0 Å². The Labute approximate surface area is 386 Å². The molecule has 0 amide bonds. The van der Waals surface area contributed by atoms with Crippen LogP contribution in [0.2, 0.25) is 0 Å². The zero-order valence-corrected chi connectivity index (χ0v) is 41.5. The molecule has 2 aromatic heterocycles. The summed E-state index contributed by atoms with van der Waals surface area (Å²) in [5.41, 5.74) is 8.83. The van der Waals surface area contributed by atoms with E-state index in [1.165, 1.54) is 17.3 Å². The summed E-state index contributed by atoms with van der Waals surface area (Å²) >= 11 is 0. The molecule has 1 fully saturated rings. The lowest BCUT2D eigenvalue weighted by Gasteiger charge is -2.32. The van der Waals surface area contributed by atoms with Crippen molar-refractivity contribution >= 4 is 32.3 Å². The van der Waals surface area contributed by atoms with Crippen LogP contribution in [0.25, 0.3) is 33.6 Å². The highest BCUT2D eigenvalue weighted by Gasteiger charge is 2.51. The van der Waals surface area contributed by atoms with E-state index in [1.807, 2.05) is 82.6 Å². The molecule has 1 aliphatic heterocycles. The zero-order valence-electron chi connectivity index (χ0n) is 39.8.